The zero-order valence-corrected chi connectivity index (χ0v) is 9.47. The molecule has 0 bridgehead atoms. The molecule has 0 aliphatic rings. The van der Waals surface area contributed by atoms with Crippen LogP contribution in [0.1, 0.15) is 21.5 Å². The molecule has 17 heavy (non-hydrogen) atoms. The molecule has 3 nitrogen and oxygen atoms in total. The van der Waals surface area contributed by atoms with Gasteiger partial charge in [-0.05, 0) is 18.6 Å². The normalized spacial score (nSPS) is 10.2. The van der Waals surface area contributed by atoms with Crippen molar-refractivity contribution in [3.63, 3.8) is 0 Å². The molecule has 2 rings (SSSR count). The lowest BCUT2D eigenvalue weighted by Gasteiger charge is -2.08. The lowest BCUT2D eigenvalue weighted by molar-refractivity contribution is 0.103. The zero-order chi connectivity index (χ0) is 12.4. The van der Waals surface area contributed by atoms with Gasteiger partial charge in [0.05, 0.1) is 5.56 Å². The van der Waals surface area contributed by atoms with E-state index in [1.54, 1.807) is 37.3 Å². The van der Waals surface area contributed by atoms with Crippen molar-refractivity contribution < 1.29 is 9.90 Å². The van der Waals surface area contributed by atoms with Crippen molar-refractivity contribution in [1.82, 2.24) is 0 Å². The molecule has 0 atom stereocenters. The van der Waals surface area contributed by atoms with E-state index in [1.807, 2.05) is 6.07 Å². The van der Waals surface area contributed by atoms with Crippen molar-refractivity contribution in [3.8, 4) is 5.75 Å². The van der Waals surface area contributed by atoms with Gasteiger partial charge in [-0.3, -0.25) is 4.79 Å². The number of ketones is 1. The first kappa shape index (κ1) is 11.2. The number of carbonyl (C=O) groups excluding carboxylic acids is 1. The summed E-state index contributed by atoms with van der Waals surface area (Å²) in [7, 11) is 0. The van der Waals surface area contributed by atoms with E-state index < -0.39 is 0 Å². The molecule has 0 spiro atoms. The monoisotopic (exact) mass is 227 g/mol. The summed E-state index contributed by atoms with van der Waals surface area (Å²) in [5.74, 6) is -0.267. The van der Waals surface area contributed by atoms with Crippen LogP contribution in [0.2, 0.25) is 0 Å². The van der Waals surface area contributed by atoms with E-state index in [2.05, 4.69) is 0 Å². The smallest absolute Gasteiger partial charge is 0.197 e. The summed E-state index contributed by atoms with van der Waals surface area (Å²) in [4.78, 5) is 12.2. The number of carbonyl (C=O) groups is 1. The van der Waals surface area contributed by atoms with E-state index in [4.69, 9.17) is 5.73 Å². The predicted molar refractivity (Wildman–Crippen MR) is 67.1 cm³/mol. The first-order valence-corrected chi connectivity index (χ1v) is 5.28. The van der Waals surface area contributed by atoms with E-state index in [0.717, 1.165) is 0 Å². The third-order valence-electron chi connectivity index (χ3n) is 2.60. The van der Waals surface area contributed by atoms with Gasteiger partial charge in [-0.15, -0.1) is 0 Å². The number of hydrogen-bond acceptors (Lipinski definition) is 3. The molecule has 0 heterocycles. The number of nitrogen functional groups attached to an aromatic ring is 1. The van der Waals surface area contributed by atoms with E-state index in [0.29, 0.717) is 22.4 Å². The largest absolute Gasteiger partial charge is 0.507 e. The molecule has 3 N–H and O–H groups in total. The lowest BCUT2D eigenvalue weighted by atomic mass is 9.97. The second-order valence-electron chi connectivity index (χ2n) is 3.93. The molecular weight excluding hydrogens is 214 g/mol. The number of phenolic OH excluding ortho intramolecular Hbond substituents is 1. The van der Waals surface area contributed by atoms with Gasteiger partial charge in [0.25, 0.3) is 0 Å². The lowest BCUT2D eigenvalue weighted by Crippen LogP contribution is -2.04. The Bertz CT molecular complexity index is 539. The van der Waals surface area contributed by atoms with Crippen LogP contribution in [0.15, 0.2) is 42.5 Å². The van der Waals surface area contributed by atoms with Crippen LogP contribution in [0.5, 0.6) is 5.75 Å². The molecule has 0 saturated carbocycles. The third kappa shape index (κ3) is 2.13. The molecule has 2 aromatic carbocycles. The maximum absolute atomic E-state index is 12.2. The number of aromatic hydroxyl groups is 1. The highest BCUT2D eigenvalue weighted by atomic mass is 16.3. The Morgan fingerprint density at radius 3 is 2.41 bits per heavy atom. The standard InChI is InChI=1S/C14H13NO2/c1-9-7-11(15)8-12(16)13(9)14(17)10-5-3-2-4-6-10/h2-8,16H,15H2,1H3. The van der Waals surface area contributed by atoms with Crippen molar-refractivity contribution in [2.24, 2.45) is 0 Å². The van der Waals surface area contributed by atoms with Gasteiger partial charge in [-0.25, -0.2) is 0 Å². The molecule has 0 radical (unpaired) electrons. The van der Waals surface area contributed by atoms with Gasteiger partial charge in [0.2, 0.25) is 0 Å². The fraction of sp³-hybridized carbons (Fsp3) is 0.0714. The Hall–Kier alpha value is -2.29. The maximum Gasteiger partial charge on any atom is 0.197 e. The van der Waals surface area contributed by atoms with Crippen molar-refractivity contribution >= 4 is 11.5 Å². The first-order valence-electron chi connectivity index (χ1n) is 5.28. The van der Waals surface area contributed by atoms with Crippen LogP contribution in [0.3, 0.4) is 0 Å². The van der Waals surface area contributed by atoms with E-state index >= 15 is 0 Å². The molecule has 0 amide bonds. The summed E-state index contributed by atoms with van der Waals surface area (Å²) in [5.41, 5.74) is 7.58. The number of aryl methyl sites for hydroxylation is 1. The molecule has 0 aliphatic carbocycles. The van der Waals surface area contributed by atoms with E-state index in [1.165, 1.54) is 6.07 Å². The average Bonchev–Trinajstić information content (AvgIpc) is 2.28. The second kappa shape index (κ2) is 4.29. The summed E-state index contributed by atoms with van der Waals surface area (Å²) in [6, 6.07) is 11.9. The Morgan fingerprint density at radius 1 is 1.18 bits per heavy atom. The Morgan fingerprint density at radius 2 is 1.82 bits per heavy atom. The van der Waals surface area contributed by atoms with E-state index in [-0.39, 0.29) is 11.5 Å². The van der Waals surface area contributed by atoms with Crippen LogP contribution in [-0.4, -0.2) is 10.9 Å². The zero-order valence-electron chi connectivity index (χ0n) is 9.47. The highest BCUT2D eigenvalue weighted by Crippen LogP contribution is 2.26. The van der Waals surface area contributed by atoms with Crippen LogP contribution in [0, 0.1) is 6.92 Å². The average molecular weight is 227 g/mol. The molecule has 2 aromatic rings. The molecule has 0 aliphatic heterocycles. The van der Waals surface area contributed by atoms with Crippen LogP contribution >= 0.6 is 0 Å². The molecular formula is C14H13NO2. The van der Waals surface area contributed by atoms with Gasteiger partial charge < -0.3 is 10.8 Å². The quantitative estimate of drug-likeness (QED) is 0.612. The topological polar surface area (TPSA) is 63.3 Å². The first-order chi connectivity index (χ1) is 8.09. The van der Waals surface area contributed by atoms with Crippen LogP contribution in [-0.2, 0) is 0 Å². The molecule has 0 unspecified atom stereocenters. The highest BCUT2D eigenvalue weighted by molar-refractivity contribution is 6.11. The minimum absolute atomic E-state index is 0.0728. The Kier molecular flexibility index (Phi) is 2.83. The van der Waals surface area contributed by atoms with E-state index in [9.17, 15) is 9.90 Å². The summed E-state index contributed by atoms with van der Waals surface area (Å²) in [6.45, 7) is 1.76. The van der Waals surface area contributed by atoms with Crippen molar-refractivity contribution in [2.75, 3.05) is 5.73 Å². The fourth-order valence-corrected chi connectivity index (χ4v) is 1.83. The summed E-state index contributed by atoms with van der Waals surface area (Å²) in [5, 5.41) is 9.80. The highest BCUT2D eigenvalue weighted by Gasteiger charge is 2.16. The van der Waals surface area contributed by atoms with Crippen molar-refractivity contribution in [1.29, 1.82) is 0 Å². The number of hydrogen-bond donors (Lipinski definition) is 2. The number of phenols is 1. The van der Waals surface area contributed by atoms with Crippen molar-refractivity contribution in [2.45, 2.75) is 6.92 Å². The summed E-state index contributed by atoms with van der Waals surface area (Å²) in [6.07, 6.45) is 0. The number of rotatable bonds is 2. The van der Waals surface area contributed by atoms with Crippen LogP contribution in [0.4, 0.5) is 5.69 Å². The summed E-state index contributed by atoms with van der Waals surface area (Å²) < 4.78 is 0. The van der Waals surface area contributed by atoms with Gasteiger partial charge in [0.15, 0.2) is 5.78 Å². The molecule has 86 valence electrons. The van der Waals surface area contributed by atoms with Crippen molar-refractivity contribution in [3.05, 3.63) is 59.2 Å². The third-order valence-corrected chi connectivity index (χ3v) is 2.60. The molecule has 0 aromatic heterocycles. The minimum Gasteiger partial charge on any atom is -0.507 e. The fourth-order valence-electron chi connectivity index (χ4n) is 1.83. The Labute approximate surface area is 99.5 Å². The van der Waals surface area contributed by atoms with Gasteiger partial charge in [0.1, 0.15) is 5.75 Å². The number of benzene rings is 2. The summed E-state index contributed by atoms with van der Waals surface area (Å²) >= 11 is 0. The SMILES string of the molecule is Cc1cc(N)cc(O)c1C(=O)c1ccccc1. The van der Waals surface area contributed by atoms with Gasteiger partial charge >= 0.3 is 0 Å². The van der Waals surface area contributed by atoms with Gasteiger partial charge in [-0.1, -0.05) is 30.3 Å². The predicted octanol–water partition coefficient (Wildman–Crippen LogP) is 2.51. The second-order valence-corrected chi connectivity index (χ2v) is 3.93. The molecule has 0 saturated heterocycles. The van der Waals surface area contributed by atoms with Crippen LogP contribution in [0.25, 0.3) is 0 Å². The Balaban J connectivity index is 2.52. The molecule has 0 fully saturated rings. The minimum atomic E-state index is -0.194. The van der Waals surface area contributed by atoms with Crippen LogP contribution < -0.4 is 5.73 Å². The molecule has 3 heteroatoms. The number of nitrogens with two attached hydrogens (primary N) is 1. The number of anilines is 1. The maximum atomic E-state index is 12.2. The van der Waals surface area contributed by atoms with Gasteiger partial charge in [0, 0.05) is 17.3 Å². The van der Waals surface area contributed by atoms with Gasteiger partial charge in [-0.2, -0.15) is 0 Å².